The second-order valence-corrected chi connectivity index (χ2v) is 14.6. The highest BCUT2D eigenvalue weighted by Gasteiger charge is 2.71. The van der Waals surface area contributed by atoms with E-state index in [0.717, 1.165) is 51.8 Å². The maximum absolute atomic E-state index is 2.55. The summed E-state index contributed by atoms with van der Waals surface area (Å²) in [6.45, 7) is 2.55. The summed E-state index contributed by atoms with van der Waals surface area (Å²) in [7, 11) is 0. The van der Waals surface area contributed by atoms with Crippen LogP contribution in [0.2, 0.25) is 0 Å². The molecular weight excluding hydrogens is 360 g/mol. The van der Waals surface area contributed by atoms with E-state index >= 15 is 0 Å². The summed E-state index contributed by atoms with van der Waals surface area (Å²) in [5, 5.41) is 0. The van der Waals surface area contributed by atoms with Crippen LogP contribution >= 0.6 is 0 Å². The van der Waals surface area contributed by atoms with Gasteiger partial charge in [0.05, 0.1) is 0 Å². The van der Waals surface area contributed by atoms with E-state index in [1.165, 1.54) is 25.2 Å². The Balaban J connectivity index is 1.08. The molecule has 2 spiro atoms. The number of fused-ring (bicyclic) bond motifs is 1. The first-order valence-electron chi connectivity index (χ1n) is 14.6. The molecule has 0 heterocycles. The lowest BCUT2D eigenvalue weighted by atomic mass is 9.29. The van der Waals surface area contributed by atoms with E-state index in [9.17, 15) is 0 Å². The lowest BCUT2D eigenvalue weighted by molar-refractivity contribution is -0.264. The molecule has 0 aromatic heterocycles. The Morgan fingerprint density at radius 2 is 1.53 bits per heavy atom. The third kappa shape index (κ3) is 2.76. The summed E-state index contributed by atoms with van der Waals surface area (Å²) in [5.74, 6) is 7.88. The van der Waals surface area contributed by atoms with E-state index < -0.39 is 0 Å². The molecule has 8 aliphatic rings. The van der Waals surface area contributed by atoms with Crippen molar-refractivity contribution in [2.75, 3.05) is 0 Å². The van der Waals surface area contributed by atoms with Gasteiger partial charge in [0.15, 0.2) is 0 Å². The minimum absolute atomic E-state index is 0.820. The Morgan fingerprint density at radius 1 is 0.733 bits per heavy atom. The van der Waals surface area contributed by atoms with Crippen LogP contribution in [0, 0.1) is 57.7 Å². The topological polar surface area (TPSA) is 0 Å². The van der Waals surface area contributed by atoms with E-state index in [1.807, 2.05) is 0 Å². The van der Waals surface area contributed by atoms with Crippen LogP contribution in [0.25, 0.3) is 0 Å². The molecule has 2 bridgehead atoms. The molecule has 30 heavy (non-hydrogen) atoms. The van der Waals surface area contributed by atoms with Crippen LogP contribution in [0.4, 0.5) is 0 Å². The number of hydrogen-bond donors (Lipinski definition) is 0. The van der Waals surface area contributed by atoms with Gasteiger partial charge in [-0.05, 0) is 141 Å². The molecule has 8 fully saturated rings. The van der Waals surface area contributed by atoms with Gasteiger partial charge in [-0.3, -0.25) is 0 Å². The van der Waals surface area contributed by atoms with Crippen LogP contribution in [-0.2, 0) is 0 Å². The van der Waals surface area contributed by atoms with Gasteiger partial charge in [0.25, 0.3) is 0 Å². The maximum atomic E-state index is 2.55. The first kappa shape index (κ1) is 19.5. The number of hydrogen-bond acceptors (Lipinski definition) is 0. The van der Waals surface area contributed by atoms with Gasteiger partial charge in [-0.1, -0.05) is 45.4 Å². The van der Waals surface area contributed by atoms with Crippen LogP contribution < -0.4 is 0 Å². The normalized spacial score (nSPS) is 56.7. The molecule has 168 valence electrons. The molecular formula is C30H48. The summed E-state index contributed by atoms with van der Waals surface area (Å²) in [4.78, 5) is 0. The average Bonchev–Trinajstić information content (AvgIpc) is 3.16. The summed E-state index contributed by atoms with van der Waals surface area (Å²) in [5.41, 5.74) is 2.50. The zero-order valence-electron chi connectivity index (χ0n) is 20.0. The van der Waals surface area contributed by atoms with E-state index in [1.54, 1.807) is 103 Å². The predicted octanol–water partition coefficient (Wildman–Crippen LogP) is 8.79. The molecule has 0 saturated heterocycles. The number of rotatable bonds is 5. The molecule has 0 heteroatoms. The highest BCUT2D eigenvalue weighted by atomic mass is 14.8. The minimum atomic E-state index is 0.820. The fraction of sp³-hybridized carbons (Fsp3) is 1.00. The van der Waals surface area contributed by atoms with Gasteiger partial charge in [0.2, 0.25) is 0 Å². The summed E-state index contributed by atoms with van der Waals surface area (Å²) >= 11 is 0. The van der Waals surface area contributed by atoms with Gasteiger partial charge >= 0.3 is 0 Å². The Bertz CT molecular complexity index is 668. The van der Waals surface area contributed by atoms with Gasteiger partial charge in [0, 0.05) is 0 Å². The molecule has 8 aliphatic carbocycles. The first-order chi connectivity index (χ1) is 14.6. The van der Waals surface area contributed by atoms with Gasteiger partial charge in [0.1, 0.15) is 0 Å². The lowest BCUT2D eigenvalue weighted by Crippen LogP contribution is -2.67. The average molecular weight is 409 g/mol. The quantitative estimate of drug-likeness (QED) is 0.426. The van der Waals surface area contributed by atoms with E-state index in [4.69, 9.17) is 0 Å². The van der Waals surface area contributed by atoms with Crippen molar-refractivity contribution >= 4 is 0 Å². The molecule has 7 unspecified atom stereocenters. The third-order valence-electron chi connectivity index (χ3n) is 13.3. The standard InChI is InChI=1S/C30H48/c1-21-6-8-25(21)18-29-13-11-27(29)30(20-29)17-24-14-23(15-24)16-28(19-30)12-10-26(28)9-7-22-4-2-3-5-22/h21-27H,2-20H2,1H3. The third-order valence-corrected chi connectivity index (χ3v) is 13.3. The van der Waals surface area contributed by atoms with Gasteiger partial charge < -0.3 is 0 Å². The van der Waals surface area contributed by atoms with Crippen molar-refractivity contribution in [3.8, 4) is 0 Å². The van der Waals surface area contributed by atoms with Crippen molar-refractivity contribution in [2.24, 2.45) is 57.7 Å². The Morgan fingerprint density at radius 3 is 2.10 bits per heavy atom. The van der Waals surface area contributed by atoms with Crippen LogP contribution in [0.1, 0.15) is 129 Å². The molecule has 8 saturated carbocycles. The molecule has 0 N–H and O–H groups in total. The van der Waals surface area contributed by atoms with Crippen LogP contribution in [0.3, 0.4) is 0 Å². The Kier molecular flexibility index (Phi) is 4.39. The molecule has 0 radical (unpaired) electrons. The van der Waals surface area contributed by atoms with E-state index in [-0.39, 0.29) is 0 Å². The van der Waals surface area contributed by atoms with Crippen LogP contribution in [0.5, 0.6) is 0 Å². The van der Waals surface area contributed by atoms with Crippen LogP contribution in [-0.4, -0.2) is 0 Å². The van der Waals surface area contributed by atoms with Gasteiger partial charge in [-0.25, -0.2) is 0 Å². The largest absolute Gasteiger partial charge is 0.0622 e. The summed E-state index contributed by atoms with van der Waals surface area (Å²) in [6, 6.07) is 0. The van der Waals surface area contributed by atoms with Crippen molar-refractivity contribution < 1.29 is 0 Å². The Hall–Kier alpha value is 0. The molecule has 0 nitrogen and oxygen atoms in total. The summed E-state index contributed by atoms with van der Waals surface area (Å²) < 4.78 is 0. The van der Waals surface area contributed by atoms with Crippen molar-refractivity contribution in [1.82, 2.24) is 0 Å². The molecule has 0 aromatic rings. The molecule has 0 aromatic carbocycles. The van der Waals surface area contributed by atoms with Gasteiger partial charge in [-0.2, -0.15) is 0 Å². The minimum Gasteiger partial charge on any atom is -0.0622 e. The predicted molar refractivity (Wildman–Crippen MR) is 125 cm³/mol. The molecule has 8 rings (SSSR count). The molecule has 0 aliphatic heterocycles. The van der Waals surface area contributed by atoms with Crippen molar-refractivity contribution in [1.29, 1.82) is 0 Å². The molecule has 7 atom stereocenters. The monoisotopic (exact) mass is 408 g/mol. The zero-order chi connectivity index (χ0) is 20.0. The van der Waals surface area contributed by atoms with E-state index in [0.29, 0.717) is 0 Å². The highest BCUT2D eigenvalue weighted by Crippen LogP contribution is 2.80. The van der Waals surface area contributed by atoms with Gasteiger partial charge in [-0.15, -0.1) is 0 Å². The smallest absolute Gasteiger partial charge is 0.0250 e. The fourth-order valence-electron chi connectivity index (χ4n) is 11.5. The van der Waals surface area contributed by atoms with Crippen molar-refractivity contribution in [3.05, 3.63) is 0 Å². The maximum Gasteiger partial charge on any atom is -0.0250 e. The Labute approximate surface area is 186 Å². The van der Waals surface area contributed by atoms with Crippen LogP contribution in [0.15, 0.2) is 0 Å². The SMILES string of the molecule is CC1CCC1CC12CCC1C1(CC3CC(C3)CC3(CCC3CCC3CCCC3)C1)C2. The molecule has 0 amide bonds. The van der Waals surface area contributed by atoms with Crippen molar-refractivity contribution in [2.45, 2.75) is 129 Å². The van der Waals surface area contributed by atoms with E-state index in [2.05, 4.69) is 6.92 Å². The highest BCUT2D eigenvalue weighted by molar-refractivity contribution is 5.20. The summed E-state index contributed by atoms with van der Waals surface area (Å²) in [6.07, 6.45) is 30.7. The zero-order valence-corrected chi connectivity index (χ0v) is 20.0. The lowest BCUT2D eigenvalue weighted by Gasteiger charge is -2.76. The second kappa shape index (κ2) is 6.76. The van der Waals surface area contributed by atoms with Crippen molar-refractivity contribution in [3.63, 3.8) is 0 Å². The fourth-order valence-corrected chi connectivity index (χ4v) is 11.5. The first-order valence-corrected chi connectivity index (χ1v) is 14.6. The second-order valence-electron chi connectivity index (χ2n) is 14.6.